The van der Waals surface area contributed by atoms with Crippen LogP contribution in [0, 0.1) is 5.92 Å². The summed E-state index contributed by atoms with van der Waals surface area (Å²) in [6.45, 7) is 2.95. The lowest BCUT2D eigenvalue weighted by Crippen LogP contribution is -2.25. The molecule has 2 aromatic carbocycles. The molecule has 0 spiro atoms. The van der Waals surface area contributed by atoms with Crippen molar-refractivity contribution in [3.05, 3.63) is 65.2 Å². The summed E-state index contributed by atoms with van der Waals surface area (Å²) in [5.41, 5.74) is 0.970. The lowest BCUT2D eigenvalue weighted by atomic mass is 9.92. The van der Waals surface area contributed by atoms with Crippen molar-refractivity contribution in [2.24, 2.45) is 5.92 Å². The van der Waals surface area contributed by atoms with E-state index in [4.69, 9.17) is 11.6 Å². The smallest absolute Gasteiger partial charge is 0.141 e. The van der Waals surface area contributed by atoms with Gasteiger partial charge in [0.2, 0.25) is 0 Å². The first-order chi connectivity index (χ1) is 10.5. The van der Waals surface area contributed by atoms with Gasteiger partial charge in [0, 0.05) is 9.92 Å². The maximum atomic E-state index is 12.0. The summed E-state index contributed by atoms with van der Waals surface area (Å²) in [5, 5.41) is 0.424. The average Bonchev–Trinajstić information content (AvgIpc) is 2.49. The summed E-state index contributed by atoms with van der Waals surface area (Å²) < 4.78 is 0. The van der Waals surface area contributed by atoms with Gasteiger partial charge in [0.15, 0.2) is 0 Å². The molecule has 0 aliphatic carbocycles. The molecule has 0 N–H and O–H groups in total. The van der Waals surface area contributed by atoms with Crippen molar-refractivity contribution in [2.45, 2.75) is 24.0 Å². The Bertz CT molecular complexity index is 639. The molecule has 0 amide bonds. The quantitative estimate of drug-likeness (QED) is 0.553. The summed E-state index contributed by atoms with van der Waals surface area (Å²) in [5.74, 6) is -0.867. The summed E-state index contributed by atoms with van der Waals surface area (Å²) in [6, 6.07) is 17.1. The molecular formula is C18H17ClO2S. The molecule has 0 saturated heterocycles. The number of carbonyl (C=O) groups excluding carboxylic acids is 2. The van der Waals surface area contributed by atoms with Gasteiger partial charge >= 0.3 is 0 Å². The number of Topliss-reactive ketones (excluding diaryl/α,β-unsaturated/α-hetero) is 2. The third-order valence-electron chi connectivity index (χ3n) is 3.38. The summed E-state index contributed by atoms with van der Waals surface area (Å²) in [7, 11) is 0. The van der Waals surface area contributed by atoms with Crippen LogP contribution in [0.2, 0.25) is 5.02 Å². The van der Waals surface area contributed by atoms with Crippen LogP contribution in [-0.4, -0.2) is 11.6 Å². The molecule has 4 heteroatoms. The van der Waals surface area contributed by atoms with Gasteiger partial charge in [-0.15, -0.1) is 11.8 Å². The molecule has 0 saturated carbocycles. The minimum absolute atomic E-state index is 0.109. The van der Waals surface area contributed by atoms with Crippen LogP contribution >= 0.6 is 23.4 Å². The highest BCUT2D eigenvalue weighted by Crippen LogP contribution is 2.41. The van der Waals surface area contributed by atoms with Crippen LogP contribution in [0.25, 0.3) is 0 Å². The fourth-order valence-electron chi connectivity index (χ4n) is 2.34. The maximum absolute atomic E-state index is 12.0. The van der Waals surface area contributed by atoms with E-state index in [1.807, 2.05) is 54.6 Å². The second-order valence-corrected chi connectivity index (χ2v) is 6.75. The zero-order valence-electron chi connectivity index (χ0n) is 12.5. The number of benzene rings is 2. The molecule has 0 aliphatic rings. The zero-order chi connectivity index (χ0) is 16.1. The van der Waals surface area contributed by atoms with E-state index < -0.39 is 5.92 Å². The Morgan fingerprint density at radius 2 is 1.45 bits per heavy atom. The lowest BCUT2D eigenvalue weighted by Gasteiger charge is -2.23. The topological polar surface area (TPSA) is 34.1 Å². The van der Waals surface area contributed by atoms with Crippen LogP contribution in [0.5, 0.6) is 0 Å². The molecule has 0 aliphatic heterocycles. The molecule has 1 atom stereocenters. The van der Waals surface area contributed by atoms with Gasteiger partial charge in [-0.2, -0.15) is 0 Å². The average molecular weight is 333 g/mol. The van der Waals surface area contributed by atoms with Gasteiger partial charge in [-0.3, -0.25) is 9.59 Å². The Labute approximate surface area is 139 Å². The van der Waals surface area contributed by atoms with E-state index in [0.717, 1.165) is 10.5 Å². The predicted molar refractivity (Wildman–Crippen MR) is 91.3 cm³/mol. The van der Waals surface area contributed by atoms with E-state index in [1.165, 1.54) is 25.6 Å². The van der Waals surface area contributed by atoms with Gasteiger partial charge in [0.05, 0.1) is 11.2 Å². The molecule has 114 valence electrons. The van der Waals surface area contributed by atoms with Crippen molar-refractivity contribution in [2.75, 3.05) is 0 Å². The van der Waals surface area contributed by atoms with Crippen molar-refractivity contribution in [1.82, 2.24) is 0 Å². The van der Waals surface area contributed by atoms with Crippen LogP contribution in [0.15, 0.2) is 59.5 Å². The van der Waals surface area contributed by atoms with Crippen molar-refractivity contribution in [1.29, 1.82) is 0 Å². The maximum Gasteiger partial charge on any atom is 0.141 e. The molecule has 2 rings (SSSR count). The molecule has 2 nitrogen and oxygen atoms in total. The molecule has 0 radical (unpaired) electrons. The number of ketones is 2. The van der Waals surface area contributed by atoms with Crippen LogP contribution < -0.4 is 0 Å². The van der Waals surface area contributed by atoms with E-state index in [1.54, 1.807) is 0 Å². The minimum Gasteiger partial charge on any atom is -0.299 e. The van der Waals surface area contributed by atoms with Crippen molar-refractivity contribution in [3.63, 3.8) is 0 Å². The summed E-state index contributed by atoms with van der Waals surface area (Å²) in [6.07, 6.45) is 0. The van der Waals surface area contributed by atoms with Gasteiger partial charge in [-0.05, 0) is 43.7 Å². The molecule has 0 heterocycles. The van der Waals surface area contributed by atoms with Crippen molar-refractivity contribution in [3.8, 4) is 0 Å². The summed E-state index contributed by atoms with van der Waals surface area (Å²) in [4.78, 5) is 25.0. The predicted octanol–water partition coefficient (Wildman–Crippen LogP) is 4.97. The highest BCUT2D eigenvalue weighted by atomic mass is 35.5. The van der Waals surface area contributed by atoms with Gasteiger partial charge in [0.25, 0.3) is 0 Å². The van der Waals surface area contributed by atoms with Crippen molar-refractivity contribution >= 4 is 34.9 Å². The van der Waals surface area contributed by atoms with E-state index in [9.17, 15) is 9.59 Å². The number of rotatable bonds is 6. The Hall–Kier alpha value is -1.58. The van der Waals surface area contributed by atoms with Gasteiger partial charge in [-0.25, -0.2) is 0 Å². The number of hydrogen-bond donors (Lipinski definition) is 0. The van der Waals surface area contributed by atoms with Gasteiger partial charge in [0.1, 0.15) is 11.6 Å². The Kier molecular flexibility index (Phi) is 5.81. The number of halogens is 1. The standard InChI is InChI=1S/C18H17ClO2S/c1-12(20)17(13(2)21)18(14-6-4-3-5-7-14)22-16-10-8-15(19)9-11-16/h3-11,17-18H,1-2H3. The highest BCUT2D eigenvalue weighted by Gasteiger charge is 2.31. The monoisotopic (exact) mass is 332 g/mol. The minimum atomic E-state index is -0.650. The fraction of sp³-hybridized carbons (Fsp3) is 0.222. The van der Waals surface area contributed by atoms with Crippen LogP contribution in [0.4, 0.5) is 0 Å². The Morgan fingerprint density at radius 1 is 0.909 bits per heavy atom. The molecule has 0 fully saturated rings. The van der Waals surface area contributed by atoms with E-state index in [0.29, 0.717) is 5.02 Å². The first-order valence-corrected chi connectivity index (χ1v) is 8.23. The van der Waals surface area contributed by atoms with E-state index in [-0.39, 0.29) is 16.8 Å². The van der Waals surface area contributed by atoms with E-state index in [2.05, 4.69) is 0 Å². The zero-order valence-corrected chi connectivity index (χ0v) is 14.0. The number of thioether (sulfide) groups is 1. The molecule has 2 aromatic rings. The third-order valence-corrected chi connectivity index (χ3v) is 4.98. The second-order valence-electron chi connectivity index (χ2n) is 5.10. The molecule has 22 heavy (non-hydrogen) atoms. The lowest BCUT2D eigenvalue weighted by molar-refractivity contribution is -0.130. The van der Waals surface area contributed by atoms with Crippen LogP contribution in [0.1, 0.15) is 24.7 Å². The molecule has 1 unspecified atom stereocenters. The number of carbonyl (C=O) groups is 2. The number of hydrogen-bond acceptors (Lipinski definition) is 3. The Morgan fingerprint density at radius 3 is 1.95 bits per heavy atom. The van der Waals surface area contributed by atoms with Crippen LogP contribution in [0.3, 0.4) is 0 Å². The third kappa shape index (κ3) is 4.21. The first kappa shape index (κ1) is 16.8. The van der Waals surface area contributed by atoms with Gasteiger partial charge < -0.3 is 0 Å². The molecule has 0 aromatic heterocycles. The van der Waals surface area contributed by atoms with Crippen molar-refractivity contribution < 1.29 is 9.59 Å². The largest absolute Gasteiger partial charge is 0.299 e. The first-order valence-electron chi connectivity index (χ1n) is 6.97. The normalized spacial score (nSPS) is 12.2. The molecule has 0 bridgehead atoms. The Balaban J connectivity index is 2.39. The highest BCUT2D eigenvalue weighted by molar-refractivity contribution is 7.99. The SMILES string of the molecule is CC(=O)C(C(C)=O)C(Sc1ccc(Cl)cc1)c1ccccc1. The second kappa shape index (κ2) is 7.61. The van der Waals surface area contributed by atoms with E-state index >= 15 is 0 Å². The van der Waals surface area contributed by atoms with Gasteiger partial charge in [-0.1, -0.05) is 41.9 Å². The fourth-order valence-corrected chi connectivity index (χ4v) is 3.87. The summed E-state index contributed by atoms with van der Waals surface area (Å²) >= 11 is 7.43. The molecular weight excluding hydrogens is 316 g/mol. The van der Waals surface area contributed by atoms with Crippen LogP contribution in [-0.2, 0) is 9.59 Å².